The highest BCUT2D eigenvalue weighted by molar-refractivity contribution is 6.03. The van der Waals surface area contributed by atoms with Gasteiger partial charge in [0.1, 0.15) is 11.5 Å². The first kappa shape index (κ1) is 19.8. The average molecular weight is 418 g/mol. The largest absolute Gasteiger partial charge is 0.497 e. The molecule has 0 spiro atoms. The third kappa shape index (κ3) is 2.36. The molecule has 1 aromatic heterocycles. The number of nitrogens with zero attached hydrogens (tertiary/aromatic N) is 2. The normalized spacial score (nSPS) is 25.3. The molecule has 6 nitrogen and oxygen atoms in total. The van der Waals surface area contributed by atoms with Crippen LogP contribution in [-0.2, 0) is 15.6 Å². The van der Waals surface area contributed by atoms with E-state index >= 15 is 0 Å². The molecule has 160 valence electrons. The van der Waals surface area contributed by atoms with Gasteiger partial charge in [-0.3, -0.25) is 4.79 Å². The molecule has 2 bridgehead atoms. The van der Waals surface area contributed by atoms with E-state index in [2.05, 4.69) is 26.1 Å². The number of benzene rings is 2. The lowest BCUT2D eigenvalue weighted by Crippen LogP contribution is -2.48. The highest BCUT2D eigenvalue weighted by atomic mass is 16.5. The second kappa shape index (κ2) is 6.42. The molecular formula is C25H27N3O3. The predicted octanol–water partition coefficient (Wildman–Crippen LogP) is 4.61. The highest BCUT2D eigenvalue weighted by Gasteiger charge is 2.73. The van der Waals surface area contributed by atoms with E-state index in [0.29, 0.717) is 17.2 Å². The van der Waals surface area contributed by atoms with E-state index in [4.69, 9.17) is 19.4 Å². The van der Waals surface area contributed by atoms with E-state index in [1.807, 2.05) is 30.3 Å². The summed E-state index contributed by atoms with van der Waals surface area (Å²) < 4.78 is 10.8. The number of amides is 1. The van der Waals surface area contributed by atoms with Crippen molar-refractivity contribution in [1.29, 1.82) is 0 Å². The van der Waals surface area contributed by atoms with Gasteiger partial charge in [-0.1, -0.05) is 32.9 Å². The molecule has 2 atom stereocenters. The SMILES string of the molecule is COc1ccc(OC)c(NC(=O)C23CCC(C)(c4nc5ccccc5nc42)C3(C)C)c1. The first-order valence-corrected chi connectivity index (χ1v) is 10.6. The monoisotopic (exact) mass is 417 g/mol. The molecule has 2 aromatic carbocycles. The second-order valence-corrected chi connectivity index (χ2v) is 9.29. The number of aromatic nitrogens is 2. The topological polar surface area (TPSA) is 73.3 Å². The molecule has 1 amide bonds. The van der Waals surface area contributed by atoms with Crippen LogP contribution in [0.4, 0.5) is 5.69 Å². The number of nitrogens with one attached hydrogen (secondary N) is 1. The molecule has 2 aliphatic rings. The van der Waals surface area contributed by atoms with Gasteiger partial charge in [-0.05, 0) is 42.5 Å². The Morgan fingerprint density at radius 2 is 1.61 bits per heavy atom. The standard InChI is InChI=1S/C25H27N3O3/c1-23(2)24(3)12-13-25(23,21-20(24)26-16-8-6-7-9-17(16)27-21)22(29)28-18-14-15(30-4)10-11-19(18)31-5/h6-11,14H,12-13H2,1-5H3,(H,28,29). The number of ether oxygens (including phenoxy) is 2. The van der Waals surface area contributed by atoms with Crippen LogP contribution in [-0.4, -0.2) is 30.1 Å². The fourth-order valence-electron chi connectivity index (χ4n) is 5.69. The van der Waals surface area contributed by atoms with Crippen molar-refractivity contribution >= 4 is 22.6 Å². The maximum absolute atomic E-state index is 14.0. The Balaban J connectivity index is 1.67. The predicted molar refractivity (Wildman–Crippen MR) is 120 cm³/mol. The zero-order valence-corrected chi connectivity index (χ0v) is 18.6. The Hall–Kier alpha value is -3.15. The Morgan fingerprint density at radius 1 is 0.935 bits per heavy atom. The first-order chi connectivity index (χ1) is 14.8. The van der Waals surface area contributed by atoms with Crippen molar-refractivity contribution in [3.63, 3.8) is 0 Å². The van der Waals surface area contributed by atoms with Gasteiger partial charge >= 0.3 is 0 Å². The molecule has 3 aromatic rings. The number of anilines is 1. The highest BCUT2D eigenvalue weighted by Crippen LogP contribution is 2.70. The summed E-state index contributed by atoms with van der Waals surface area (Å²) in [5, 5.41) is 3.15. The van der Waals surface area contributed by atoms with Crippen molar-refractivity contribution in [3.8, 4) is 11.5 Å². The van der Waals surface area contributed by atoms with Gasteiger partial charge < -0.3 is 14.8 Å². The summed E-state index contributed by atoms with van der Waals surface area (Å²) in [4.78, 5) is 24.1. The second-order valence-electron chi connectivity index (χ2n) is 9.29. The van der Waals surface area contributed by atoms with Gasteiger partial charge in [-0.15, -0.1) is 0 Å². The summed E-state index contributed by atoms with van der Waals surface area (Å²) in [5.74, 6) is 1.17. The molecule has 2 unspecified atom stereocenters. The smallest absolute Gasteiger partial charge is 0.237 e. The van der Waals surface area contributed by atoms with Crippen LogP contribution in [0.5, 0.6) is 11.5 Å². The fourth-order valence-corrected chi connectivity index (χ4v) is 5.69. The number of para-hydroxylation sites is 2. The molecule has 0 aliphatic heterocycles. The summed E-state index contributed by atoms with van der Waals surface area (Å²) >= 11 is 0. The zero-order valence-electron chi connectivity index (χ0n) is 18.6. The molecule has 1 N–H and O–H groups in total. The minimum absolute atomic E-state index is 0.0730. The van der Waals surface area contributed by atoms with Crippen LogP contribution in [0.15, 0.2) is 42.5 Å². The van der Waals surface area contributed by atoms with Crippen LogP contribution < -0.4 is 14.8 Å². The van der Waals surface area contributed by atoms with Crippen LogP contribution in [0.2, 0.25) is 0 Å². The van der Waals surface area contributed by atoms with Crippen LogP contribution >= 0.6 is 0 Å². The van der Waals surface area contributed by atoms with Crippen LogP contribution in [0, 0.1) is 5.41 Å². The van der Waals surface area contributed by atoms with E-state index in [1.54, 1.807) is 26.4 Å². The van der Waals surface area contributed by atoms with Gasteiger partial charge in [0.25, 0.3) is 0 Å². The summed E-state index contributed by atoms with van der Waals surface area (Å²) in [5.41, 5.74) is 2.69. The van der Waals surface area contributed by atoms with Gasteiger partial charge in [-0.2, -0.15) is 0 Å². The minimum atomic E-state index is -0.776. The molecule has 0 saturated heterocycles. The summed E-state index contributed by atoms with van der Waals surface area (Å²) in [7, 11) is 3.19. The van der Waals surface area contributed by atoms with Crippen molar-refractivity contribution in [2.24, 2.45) is 5.41 Å². The lowest BCUT2D eigenvalue weighted by Gasteiger charge is -2.39. The Morgan fingerprint density at radius 3 is 2.26 bits per heavy atom. The molecule has 31 heavy (non-hydrogen) atoms. The van der Waals surface area contributed by atoms with E-state index < -0.39 is 5.41 Å². The molecule has 0 radical (unpaired) electrons. The van der Waals surface area contributed by atoms with Crippen molar-refractivity contribution in [1.82, 2.24) is 9.97 Å². The quantitative estimate of drug-likeness (QED) is 0.671. The number of hydrogen-bond donors (Lipinski definition) is 1. The van der Waals surface area contributed by atoms with Crippen molar-refractivity contribution in [2.45, 2.75) is 44.4 Å². The third-order valence-electron chi connectivity index (χ3n) is 7.99. The molecule has 1 heterocycles. The van der Waals surface area contributed by atoms with Gasteiger partial charge in [0.15, 0.2) is 0 Å². The summed E-state index contributed by atoms with van der Waals surface area (Å²) in [6, 6.07) is 13.3. The Kier molecular flexibility index (Phi) is 4.10. The molecule has 2 aliphatic carbocycles. The number of hydrogen-bond acceptors (Lipinski definition) is 5. The lowest BCUT2D eigenvalue weighted by atomic mass is 9.63. The maximum Gasteiger partial charge on any atom is 0.237 e. The lowest BCUT2D eigenvalue weighted by molar-refractivity contribution is -0.125. The molecule has 6 heteroatoms. The van der Waals surface area contributed by atoms with Gasteiger partial charge in [0.05, 0.1) is 47.7 Å². The average Bonchev–Trinajstić information content (AvgIpc) is 3.07. The molecule has 5 rings (SSSR count). The van der Waals surface area contributed by atoms with Crippen molar-refractivity contribution in [3.05, 3.63) is 53.9 Å². The number of rotatable bonds is 4. The number of fused-ring (bicyclic) bond motifs is 6. The van der Waals surface area contributed by atoms with Gasteiger partial charge in [0, 0.05) is 11.5 Å². The van der Waals surface area contributed by atoms with E-state index in [9.17, 15) is 4.79 Å². The Bertz CT molecular complexity index is 1220. The fraction of sp³-hybridized carbons (Fsp3) is 0.400. The van der Waals surface area contributed by atoms with E-state index in [0.717, 1.165) is 35.3 Å². The summed E-state index contributed by atoms with van der Waals surface area (Å²) in [6.45, 7) is 6.58. The minimum Gasteiger partial charge on any atom is -0.497 e. The number of carbonyl (C=O) groups is 1. The van der Waals surface area contributed by atoms with Gasteiger partial charge in [-0.25, -0.2) is 9.97 Å². The zero-order chi connectivity index (χ0) is 22.0. The van der Waals surface area contributed by atoms with Crippen LogP contribution in [0.25, 0.3) is 11.0 Å². The van der Waals surface area contributed by atoms with Crippen molar-refractivity contribution in [2.75, 3.05) is 19.5 Å². The summed E-state index contributed by atoms with van der Waals surface area (Å²) in [6.07, 6.45) is 1.62. The van der Waals surface area contributed by atoms with E-state index in [-0.39, 0.29) is 16.7 Å². The molecule has 1 fully saturated rings. The van der Waals surface area contributed by atoms with E-state index in [1.165, 1.54) is 0 Å². The van der Waals surface area contributed by atoms with Crippen LogP contribution in [0.3, 0.4) is 0 Å². The molecule has 1 saturated carbocycles. The van der Waals surface area contributed by atoms with Crippen molar-refractivity contribution < 1.29 is 14.3 Å². The number of methoxy groups -OCH3 is 2. The first-order valence-electron chi connectivity index (χ1n) is 10.6. The Labute approximate surface area is 182 Å². The third-order valence-corrected chi connectivity index (χ3v) is 7.99. The van der Waals surface area contributed by atoms with Crippen LogP contribution in [0.1, 0.15) is 45.0 Å². The maximum atomic E-state index is 14.0. The van der Waals surface area contributed by atoms with Gasteiger partial charge in [0.2, 0.25) is 5.91 Å². The number of carbonyl (C=O) groups excluding carboxylic acids is 1. The molecular weight excluding hydrogens is 390 g/mol.